The quantitative estimate of drug-likeness (QED) is 0.571. The maximum Gasteiger partial charge on any atom is 0.338 e. The summed E-state index contributed by atoms with van der Waals surface area (Å²) < 4.78 is 10.5. The minimum atomic E-state index is -0.616. The summed E-state index contributed by atoms with van der Waals surface area (Å²) in [5.41, 5.74) is 1.29. The summed E-state index contributed by atoms with van der Waals surface area (Å²) in [4.78, 5) is 49.2. The normalized spacial score (nSPS) is 27.6. The van der Waals surface area contributed by atoms with Crippen molar-refractivity contribution in [3.05, 3.63) is 65.7 Å². The molecule has 0 unspecified atom stereocenters. The Hall–Kier alpha value is -3.48. The van der Waals surface area contributed by atoms with E-state index in [9.17, 15) is 19.2 Å². The van der Waals surface area contributed by atoms with E-state index in [1.54, 1.807) is 42.5 Å². The summed E-state index contributed by atoms with van der Waals surface area (Å²) in [5, 5.41) is 2.86. The molecule has 0 spiro atoms. The van der Waals surface area contributed by atoms with E-state index in [1.807, 2.05) is 0 Å². The fourth-order valence-corrected chi connectivity index (χ4v) is 5.20. The van der Waals surface area contributed by atoms with E-state index < -0.39 is 5.97 Å². The van der Waals surface area contributed by atoms with Crippen LogP contribution in [0.1, 0.15) is 33.6 Å². The van der Waals surface area contributed by atoms with Gasteiger partial charge in [-0.2, -0.15) is 0 Å². The maximum absolute atomic E-state index is 12.8. The first-order valence-corrected chi connectivity index (χ1v) is 10.4. The van der Waals surface area contributed by atoms with Gasteiger partial charge >= 0.3 is 11.9 Å². The van der Waals surface area contributed by atoms with Gasteiger partial charge in [-0.25, -0.2) is 4.79 Å². The number of benzene rings is 2. The van der Waals surface area contributed by atoms with E-state index in [2.05, 4.69) is 5.32 Å². The van der Waals surface area contributed by atoms with Crippen LogP contribution in [0.4, 0.5) is 5.69 Å². The minimum Gasteiger partial charge on any atom is -0.462 e. The monoisotopic (exact) mass is 419 g/mol. The van der Waals surface area contributed by atoms with Gasteiger partial charge in [-0.3, -0.25) is 14.4 Å². The van der Waals surface area contributed by atoms with Crippen molar-refractivity contribution in [2.75, 3.05) is 11.9 Å². The average Bonchev–Trinajstić information content (AvgIpc) is 3.41. The van der Waals surface area contributed by atoms with Gasteiger partial charge in [0.05, 0.1) is 17.4 Å². The fourth-order valence-electron chi connectivity index (χ4n) is 5.20. The number of carbonyl (C=O) groups excluding carboxylic acids is 4. The Morgan fingerprint density at radius 2 is 1.71 bits per heavy atom. The van der Waals surface area contributed by atoms with E-state index >= 15 is 0 Å². The van der Waals surface area contributed by atoms with Gasteiger partial charge in [0.15, 0.2) is 12.4 Å². The molecule has 5 rings (SSSR count). The molecule has 1 heterocycles. The number of hydrogen-bond donors (Lipinski definition) is 1. The summed E-state index contributed by atoms with van der Waals surface area (Å²) >= 11 is 0. The van der Waals surface area contributed by atoms with Crippen LogP contribution < -0.4 is 5.32 Å². The zero-order chi connectivity index (χ0) is 21.5. The van der Waals surface area contributed by atoms with E-state index in [-0.39, 0.29) is 59.6 Å². The number of Topliss-reactive ketones (excluding diaryl/α,β-unsaturated/α-hetero) is 1. The second-order valence-corrected chi connectivity index (χ2v) is 8.35. The lowest BCUT2D eigenvalue weighted by Gasteiger charge is -2.23. The Kier molecular flexibility index (Phi) is 4.81. The van der Waals surface area contributed by atoms with Crippen LogP contribution in [-0.4, -0.2) is 36.3 Å². The Bertz CT molecular complexity index is 1050. The number of rotatable bonds is 6. The molecule has 2 aromatic rings. The fraction of sp³-hybridized carbons (Fsp3) is 0.333. The standard InChI is InChI=1S/C24H21NO6/c26-18(13-4-2-1-3-5-13)12-30-23(28)14-6-8-16(9-7-14)25-22(27)20-15-10-17-19(11-15)31-24(29)21(17)20/h1-9,15,17,19-21H,10-12H2,(H,25,27)/t15-,17+,19-,20-,21+/m1/s1. The van der Waals surface area contributed by atoms with Crippen LogP contribution >= 0.6 is 0 Å². The Balaban J connectivity index is 1.18. The number of hydrogen-bond acceptors (Lipinski definition) is 6. The molecule has 2 bridgehead atoms. The third kappa shape index (κ3) is 3.50. The van der Waals surface area contributed by atoms with Crippen molar-refractivity contribution in [3.63, 3.8) is 0 Å². The lowest BCUT2D eigenvalue weighted by molar-refractivity contribution is -0.145. The predicted octanol–water partition coefficient (Wildman–Crippen LogP) is 2.86. The Labute approximate surface area is 178 Å². The first kappa shape index (κ1) is 19.5. The molecule has 1 amide bonds. The molecule has 2 aromatic carbocycles. The van der Waals surface area contributed by atoms with Crippen molar-refractivity contribution in [1.29, 1.82) is 0 Å². The predicted molar refractivity (Wildman–Crippen MR) is 109 cm³/mol. The molecule has 1 saturated heterocycles. The molecular formula is C24H21NO6. The number of amides is 1. The van der Waals surface area contributed by atoms with Gasteiger partial charge in [0.25, 0.3) is 0 Å². The smallest absolute Gasteiger partial charge is 0.338 e. The maximum atomic E-state index is 12.8. The van der Waals surface area contributed by atoms with Crippen LogP contribution in [-0.2, 0) is 19.1 Å². The van der Waals surface area contributed by atoms with E-state index in [0.717, 1.165) is 12.8 Å². The highest BCUT2D eigenvalue weighted by molar-refractivity contribution is 6.00. The van der Waals surface area contributed by atoms with Crippen LogP contribution in [0.25, 0.3) is 0 Å². The van der Waals surface area contributed by atoms with Gasteiger partial charge in [0.1, 0.15) is 6.10 Å². The average molecular weight is 419 g/mol. The summed E-state index contributed by atoms with van der Waals surface area (Å²) in [7, 11) is 0. The summed E-state index contributed by atoms with van der Waals surface area (Å²) in [5.74, 6) is -1.67. The highest BCUT2D eigenvalue weighted by Gasteiger charge is 2.63. The lowest BCUT2D eigenvalue weighted by atomic mass is 9.79. The van der Waals surface area contributed by atoms with Gasteiger partial charge in [-0.05, 0) is 43.0 Å². The van der Waals surface area contributed by atoms with Crippen molar-refractivity contribution in [2.45, 2.75) is 18.9 Å². The summed E-state index contributed by atoms with van der Waals surface area (Å²) in [6, 6.07) is 14.9. The molecule has 0 aromatic heterocycles. The number of carbonyl (C=O) groups is 4. The lowest BCUT2D eigenvalue weighted by Crippen LogP contribution is -2.35. The van der Waals surface area contributed by atoms with Crippen molar-refractivity contribution >= 4 is 29.3 Å². The molecular weight excluding hydrogens is 398 g/mol. The van der Waals surface area contributed by atoms with Crippen molar-refractivity contribution in [1.82, 2.24) is 0 Å². The number of anilines is 1. The van der Waals surface area contributed by atoms with Crippen molar-refractivity contribution in [3.8, 4) is 0 Å². The number of ether oxygens (including phenoxy) is 2. The van der Waals surface area contributed by atoms with Crippen LogP contribution in [0.5, 0.6) is 0 Å². The number of esters is 2. The molecule has 3 fully saturated rings. The molecule has 1 aliphatic heterocycles. The SMILES string of the molecule is O=C(COC(=O)c1ccc(NC(=O)[C@@H]2[C@@H]3C[C@@H]4[C@@H]2C(=O)O[C@@H]4C3)cc1)c1ccccc1. The zero-order valence-corrected chi connectivity index (χ0v) is 16.7. The number of ketones is 1. The topological polar surface area (TPSA) is 98.8 Å². The zero-order valence-electron chi connectivity index (χ0n) is 16.7. The first-order valence-electron chi connectivity index (χ1n) is 10.4. The molecule has 2 saturated carbocycles. The molecule has 3 aliphatic rings. The van der Waals surface area contributed by atoms with Crippen LogP contribution in [0, 0.1) is 23.7 Å². The Morgan fingerprint density at radius 1 is 0.968 bits per heavy atom. The van der Waals surface area contributed by atoms with Gasteiger partial charge in [0, 0.05) is 17.2 Å². The molecule has 5 atom stereocenters. The highest BCUT2D eigenvalue weighted by atomic mass is 16.6. The van der Waals surface area contributed by atoms with Gasteiger partial charge < -0.3 is 14.8 Å². The van der Waals surface area contributed by atoms with E-state index in [1.165, 1.54) is 12.1 Å². The third-order valence-electron chi connectivity index (χ3n) is 6.60. The molecule has 7 heteroatoms. The van der Waals surface area contributed by atoms with Crippen molar-refractivity contribution < 1.29 is 28.7 Å². The molecule has 158 valence electrons. The molecule has 0 radical (unpaired) electrons. The summed E-state index contributed by atoms with van der Waals surface area (Å²) in [6.45, 7) is -0.343. The molecule has 1 N–H and O–H groups in total. The first-order chi connectivity index (χ1) is 15.0. The van der Waals surface area contributed by atoms with Gasteiger partial charge in [-0.15, -0.1) is 0 Å². The molecule has 31 heavy (non-hydrogen) atoms. The van der Waals surface area contributed by atoms with Crippen molar-refractivity contribution in [2.24, 2.45) is 23.7 Å². The van der Waals surface area contributed by atoms with E-state index in [4.69, 9.17) is 9.47 Å². The van der Waals surface area contributed by atoms with Crippen LogP contribution in [0.3, 0.4) is 0 Å². The van der Waals surface area contributed by atoms with Crippen LogP contribution in [0.15, 0.2) is 54.6 Å². The molecule has 2 aliphatic carbocycles. The van der Waals surface area contributed by atoms with Crippen LogP contribution in [0.2, 0.25) is 0 Å². The second kappa shape index (κ2) is 7.65. The summed E-state index contributed by atoms with van der Waals surface area (Å²) in [6.07, 6.45) is 1.62. The molecule has 7 nitrogen and oxygen atoms in total. The third-order valence-corrected chi connectivity index (χ3v) is 6.60. The Morgan fingerprint density at radius 3 is 2.45 bits per heavy atom. The van der Waals surface area contributed by atoms with Gasteiger partial charge in [-0.1, -0.05) is 30.3 Å². The highest BCUT2D eigenvalue weighted by Crippen LogP contribution is 2.57. The largest absolute Gasteiger partial charge is 0.462 e. The number of nitrogens with one attached hydrogen (secondary N) is 1. The number of fused-ring (bicyclic) bond motifs is 1. The minimum absolute atomic E-state index is 0.00869. The van der Waals surface area contributed by atoms with Gasteiger partial charge in [0.2, 0.25) is 5.91 Å². The van der Waals surface area contributed by atoms with E-state index in [0.29, 0.717) is 11.3 Å². The second-order valence-electron chi connectivity index (χ2n) is 8.35.